The number of esters is 1. The van der Waals surface area contributed by atoms with Gasteiger partial charge in [-0.2, -0.15) is 0 Å². The van der Waals surface area contributed by atoms with Crippen molar-refractivity contribution < 1.29 is 52.5 Å². The third-order valence-corrected chi connectivity index (χ3v) is 13.0. The predicted molar refractivity (Wildman–Crippen MR) is 252 cm³/mol. The average molecular weight is 967 g/mol. The monoisotopic (exact) mass is 966 g/mol. The first-order valence-corrected chi connectivity index (χ1v) is 23.2. The Morgan fingerprint density at radius 3 is 2.31 bits per heavy atom. The van der Waals surface area contributed by atoms with E-state index in [9.17, 15) is 43.5 Å². The van der Waals surface area contributed by atoms with Crippen LogP contribution >= 0.6 is 0 Å². The summed E-state index contributed by atoms with van der Waals surface area (Å²) in [5.41, 5.74) is 0.386. The second-order valence-electron chi connectivity index (χ2n) is 19.5. The Kier molecular flexibility index (Phi) is 14.5. The number of pyridine rings is 2. The molecule has 3 atom stereocenters. The fourth-order valence-electron chi connectivity index (χ4n) is 9.05. The molecule has 7 N–H and O–H groups in total. The molecular formula is C50H59FN8O11. The number of carbonyl (C=O) groups excluding carboxylic acids is 7. The van der Waals surface area contributed by atoms with Crippen molar-refractivity contribution in [1.29, 1.82) is 0 Å². The number of aliphatic hydroxyl groups is 1. The molecule has 0 spiro atoms. The highest BCUT2D eigenvalue weighted by atomic mass is 19.1. The van der Waals surface area contributed by atoms with Crippen LogP contribution in [0.25, 0.3) is 22.3 Å². The molecular weight excluding hydrogens is 908 g/mol. The summed E-state index contributed by atoms with van der Waals surface area (Å²) in [5.74, 6) is -4.20. The van der Waals surface area contributed by atoms with Crippen molar-refractivity contribution in [3.63, 3.8) is 0 Å². The van der Waals surface area contributed by atoms with Gasteiger partial charge in [-0.15, -0.1) is 0 Å². The minimum absolute atomic E-state index is 0.0363. The first kappa shape index (κ1) is 50.7. The number of benzene rings is 2. The Balaban J connectivity index is 0.982. The molecule has 2 aromatic carbocycles. The van der Waals surface area contributed by atoms with Crippen molar-refractivity contribution in [3.05, 3.63) is 97.6 Å². The van der Waals surface area contributed by atoms with Gasteiger partial charge in [0, 0.05) is 41.0 Å². The summed E-state index contributed by atoms with van der Waals surface area (Å²) >= 11 is 0. The molecule has 0 radical (unpaired) electrons. The van der Waals surface area contributed by atoms with Gasteiger partial charge in [0.2, 0.25) is 29.5 Å². The van der Waals surface area contributed by atoms with E-state index in [1.807, 2.05) is 0 Å². The van der Waals surface area contributed by atoms with Crippen molar-refractivity contribution >= 4 is 52.5 Å². The van der Waals surface area contributed by atoms with Gasteiger partial charge in [-0.3, -0.25) is 28.8 Å². The highest BCUT2D eigenvalue weighted by Gasteiger charge is 2.46. The van der Waals surface area contributed by atoms with Gasteiger partial charge in [-0.25, -0.2) is 19.0 Å². The normalized spacial score (nSPS) is 17.2. The van der Waals surface area contributed by atoms with Crippen molar-refractivity contribution in [3.8, 4) is 11.4 Å². The molecule has 3 aliphatic rings. The summed E-state index contributed by atoms with van der Waals surface area (Å²) < 4.78 is 27.3. The van der Waals surface area contributed by atoms with E-state index < -0.39 is 95.4 Å². The number of amides is 6. The summed E-state index contributed by atoms with van der Waals surface area (Å²) in [4.78, 5) is 109. The molecule has 6 amide bonds. The summed E-state index contributed by atoms with van der Waals surface area (Å²) in [6, 6.07) is 10.1. The number of carbonyl (C=O) groups is 7. The first-order chi connectivity index (χ1) is 33.0. The number of rotatable bonds is 16. The van der Waals surface area contributed by atoms with E-state index in [0.29, 0.717) is 51.8 Å². The number of aryl methyl sites for hydroxylation is 1. The average Bonchev–Trinajstić information content (AvgIpc) is 3.68. The maximum Gasteiger partial charge on any atom is 0.408 e. The molecule has 19 nitrogen and oxygen atoms in total. The molecule has 20 heteroatoms. The van der Waals surface area contributed by atoms with Crippen LogP contribution in [-0.2, 0) is 69.8 Å². The topological polar surface area (TPSA) is 265 Å². The molecule has 1 unspecified atom stereocenters. The number of cyclic esters (lactones) is 1. The summed E-state index contributed by atoms with van der Waals surface area (Å²) in [7, 11) is 0. The predicted octanol–water partition coefficient (Wildman–Crippen LogP) is 2.65. The van der Waals surface area contributed by atoms with Gasteiger partial charge < -0.3 is 51.0 Å². The number of fused-ring (bicyclic) bond motifs is 5. The Morgan fingerprint density at radius 1 is 0.929 bits per heavy atom. The first-order valence-electron chi connectivity index (χ1n) is 23.2. The number of nitrogens with zero attached hydrogens (tertiary/aromatic N) is 2. The Bertz CT molecular complexity index is 2860. The van der Waals surface area contributed by atoms with E-state index >= 15 is 4.39 Å². The summed E-state index contributed by atoms with van der Waals surface area (Å²) in [5, 5.41) is 27.8. The largest absolute Gasteiger partial charge is 0.458 e. The van der Waals surface area contributed by atoms with Gasteiger partial charge in [0.25, 0.3) is 5.56 Å². The van der Waals surface area contributed by atoms with Crippen molar-refractivity contribution in [2.45, 2.75) is 117 Å². The molecule has 0 bridgehead atoms. The highest BCUT2D eigenvalue weighted by molar-refractivity contribution is 5.95. The minimum Gasteiger partial charge on any atom is -0.458 e. The minimum atomic E-state index is -2.04. The maximum absolute atomic E-state index is 15.4. The number of ether oxygens (including phenoxy) is 2. The van der Waals surface area contributed by atoms with Crippen LogP contribution in [0.15, 0.2) is 47.3 Å². The van der Waals surface area contributed by atoms with Crippen LogP contribution in [-0.4, -0.2) is 94.1 Å². The van der Waals surface area contributed by atoms with Gasteiger partial charge in [-0.1, -0.05) is 51.1 Å². The van der Waals surface area contributed by atoms with E-state index in [1.54, 1.807) is 84.9 Å². The quantitative estimate of drug-likeness (QED) is 0.0705. The van der Waals surface area contributed by atoms with Crippen molar-refractivity contribution in [2.75, 3.05) is 26.2 Å². The lowest BCUT2D eigenvalue weighted by Gasteiger charge is -2.33. The third kappa shape index (κ3) is 10.7. The summed E-state index contributed by atoms with van der Waals surface area (Å²) in [6.07, 6.45) is 0.268. The Hall–Kier alpha value is -7.22. The zero-order valence-electron chi connectivity index (χ0n) is 40.3. The molecule has 372 valence electrons. The van der Waals surface area contributed by atoms with Crippen LogP contribution in [0.1, 0.15) is 106 Å². The number of nitrogens with one attached hydrogen (secondary N) is 6. The number of hydrogen-bond donors (Lipinski definition) is 7. The molecule has 0 fully saturated rings. The van der Waals surface area contributed by atoms with Gasteiger partial charge >= 0.3 is 12.1 Å². The molecule has 2 aromatic heterocycles. The number of halogens is 1. The fourth-order valence-corrected chi connectivity index (χ4v) is 9.05. The molecule has 4 aromatic rings. The summed E-state index contributed by atoms with van der Waals surface area (Å²) in [6.45, 7) is 10.2. The number of aromatic nitrogens is 2. The van der Waals surface area contributed by atoms with E-state index in [1.165, 1.54) is 10.6 Å². The van der Waals surface area contributed by atoms with Crippen LogP contribution in [0.4, 0.5) is 9.18 Å². The van der Waals surface area contributed by atoms with Crippen LogP contribution in [0.5, 0.6) is 0 Å². The second-order valence-corrected chi connectivity index (χ2v) is 19.5. The maximum atomic E-state index is 15.4. The molecule has 1 aliphatic carbocycles. The van der Waals surface area contributed by atoms with Gasteiger partial charge in [0.1, 0.15) is 30.6 Å². The van der Waals surface area contributed by atoms with E-state index in [0.717, 1.165) is 11.1 Å². The van der Waals surface area contributed by atoms with Gasteiger partial charge in [0.15, 0.2) is 5.60 Å². The van der Waals surface area contributed by atoms with Crippen LogP contribution < -0.4 is 37.5 Å². The third-order valence-electron chi connectivity index (χ3n) is 13.0. The molecule has 0 saturated carbocycles. The number of hydrogen-bond acceptors (Lipinski definition) is 12. The van der Waals surface area contributed by atoms with Crippen LogP contribution in [0.2, 0.25) is 0 Å². The molecule has 4 heterocycles. The number of alkyl carbamates (subject to hydrolysis) is 1. The Labute approximate surface area is 403 Å². The zero-order valence-corrected chi connectivity index (χ0v) is 40.3. The van der Waals surface area contributed by atoms with E-state index in [2.05, 4.69) is 31.9 Å². The highest BCUT2D eigenvalue weighted by Crippen LogP contribution is 2.46. The lowest BCUT2D eigenvalue weighted by molar-refractivity contribution is -0.172. The smallest absolute Gasteiger partial charge is 0.408 e. The van der Waals surface area contributed by atoms with E-state index in [4.69, 9.17) is 14.5 Å². The lowest BCUT2D eigenvalue weighted by atomic mass is 9.80. The SMILES string of the molecule is CC[C@@]1(O)C(=O)OCc2c1cc1n(c2=O)Cc2c-1nc1cc(F)c(C)c3c1c2[C@@H](NC(=O)C(C)(C)CCNC(=O)CNC(=O)C(Cc1ccccc1)NC(=O)CNC(=O)CNC(=O)OC(C)(C)C)CC3. The van der Waals surface area contributed by atoms with Gasteiger partial charge in [0.05, 0.1) is 48.1 Å². The molecule has 7 rings (SSSR count). The van der Waals surface area contributed by atoms with Crippen molar-refractivity contribution in [1.82, 2.24) is 41.5 Å². The standard InChI is InChI=1S/C50H59FN8O11/c1-8-50(68)31-19-36-42-29(24-59(36)44(64)30(31)25-69-46(50)66)41-33(15-14-28-26(2)32(51)20-34(57-42)40(28)41)58-45(65)49(6,7)16-17-52-37(60)21-54-43(63)35(18-27-12-10-9-11-13-27)56-39(62)23-53-38(61)22-55-47(67)70-48(3,4)5/h9-13,19-20,33,35,68H,8,14-18,21-25H2,1-7H3,(H,52,60)(H,53,61)(H,54,63)(H,55,67)(H,56,62)(H,58,65)/t33-,35?,50-/m0/s1. The van der Waals surface area contributed by atoms with E-state index in [-0.39, 0.29) is 56.0 Å². The van der Waals surface area contributed by atoms with Crippen LogP contribution in [0, 0.1) is 18.2 Å². The fraction of sp³-hybridized carbons (Fsp3) is 0.460. The zero-order chi connectivity index (χ0) is 50.9. The Morgan fingerprint density at radius 2 is 1.61 bits per heavy atom. The van der Waals surface area contributed by atoms with Crippen molar-refractivity contribution in [2.24, 2.45) is 5.41 Å². The molecule has 70 heavy (non-hydrogen) atoms. The molecule has 0 saturated heterocycles. The van der Waals surface area contributed by atoms with Crippen LogP contribution in [0.3, 0.4) is 0 Å². The van der Waals surface area contributed by atoms with Gasteiger partial charge in [-0.05, 0) is 81.7 Å². The second kappa shape index (κ2) is 20.0. The lowest BCUT2D eigenvalue weighted by Crippen LogP contribution is -2.52. The molecule has 2 aliphatic heterocycles.